The first kappa shape index (κ1) is 12.5. The number of anilines is 1. The predicted octanol–water partition coefficient (Wildman–Crippen LogP) is 1.88. The second-order valence-electron chi connectivity index (χ2n) is 3.35. The Bertz CT molecular complexity index is 408. The highest BCUT2D eigenvalue weighted by molar-refractivity contribution is 9.10. The number of nitrogens with two attached hydrogens (primary N) is 1. The summed E-state index contributed by atoms with van der Waals surface area (Å²) in [4.78, 5) is 1.75. The Balaban J connectivity index is 2.77. The van der Waals surface area contributed by atoms with Crippen LogP contribution in [-0.2, 0) is 6.54 Å². The van der Waals surface area contributed by atoms with Gasteiger partial charge in [-0.2, -0.15) is 10.5 Å². The summed E-state index contributed by atoms with van der Waals surface area (Å²) in [6.45, 7) is 1.02. The van der Waals surface area contributed by atoms with E-state index in [2.05, 4.69) is 15.9 Å². The summed E-state index contributed by atoms with van der Waals surface area (Å²) in [6, 6.07) is 9.64. The molecule has 0 aromatic heterocycles. The third kappa shape index (κ3) is 3.90. The minimum absolute atomic E-state index is 0.236. The van der Waals surface area contributed by atoms with Gasteiger partial charge in [-0.1, -0.05) is 15.9 Å². The van der Waals surface area contributed by atoms with Crippen LogP contribution in [0.25, 0.3) is 0 Å². The van der Waals surface area contributed by atoms with Crippen LogP contribution >= 0.6 is 15.9 Å². The van der Waals surface area contributed by atoms with Gasteiger partial charge >= 0.3 is 0 Å². The van der Waals surface area contributed by atoms with Gasteiger partial charge in [-0.15, -0.1) is 0 Å². The van der Waals surface area contributed by atoms with Crippen molar-refractivity contribution in [3.05, 3.63) is 28.2 Å². The monoisotopic (exact) mass is 278 g/mol. The number of nitrogens with zero attached hydrogens (tertiary/aromatic N) is 3. The fraction of sp³-hybridized carbons (Fsp3) is 0.273. The molecule has 0 saturated carbocycles. The lowest BCUT2D eigenvalue weighted by atomic mass is 10.2. The Labute approximate surface area is 103 Å². The molecule has 2 N–H and O–H groups in total. The van der Waals surface area contributed by atoms with Crippen LogP contribution in [0.1, 0.15) is 5.56 Å². The van der Waals surface area contributed by atoms with E-state index in [4.69, 9.17) is 16.3 Å². The molecule has 0 bridgehead atoms. The Morgan fingerprint density at radius 2 is 1.81 bits per heavy atom. The zero-order valence-electron chi connectivity index (χ0n) is 8.65. The van der Waals surface area contributed by atoms with E-state index >= 15 is 0 Å². The average Bonchev–Trinajstić information content (AvgIpc) is 2.16. The summed E-state index contributed by atoms with van der Waals surface area (Å²) in [5, 5.41) is 17.2. The van der Waals surface area contributed by atoms with Crippen molar-refractivity contribution in [2.24, 2.45) is 0 Å². The SMILES string of the molecule is N#CCN(CC#N)Cc1cc(N)cc(Br)c1. The van der Waals surface area contributed by atoms with Gasteiger partial charge in [-0.3, -0.25) is 4.90 Å². The maximum Gasteiger partial charge on any atom is 0.0877 e. The van der Waals surface area contributed by atoms with E-state index in [-0.39, 0.29) is 13.1 Å². The minimum Gasteiger partial charge on any atom is -0.399 e. The molecular formula is C11H11BrN4. The number of hydrogen-bond acceptors (Lipinski definition) is 4. The number of nitrogen functional groups attached to an aromatic ring is 1. The highest BCUT2D eigenvalue weighted by Crippen LogP contribution is 2.18. The van der Waals surface area contributed by atoms with Crippen LogP contribution in [0.5, 0.6) is 0 Å². The molecule has 0 aliphatic rings. The molecule has 1 rings (SSSR count). The molecule has 0 heterocycles. The second-order valence-corrected chi connectivity index (χ2v) is 4.27. The van der Waals surface area contributed by atoms with Crippen molar-refractivity contribution in [3.63, 3.8) is 0 Å². The zero-order valence-corrected chi connectivity index (χ0v) is 10.2. The summed E-state index contributed by atoms with van der Waals surface area (Å²) < 4.78 is 0.899. The number of halogens is 1. The number of rotatable bonds is 4. The van der Waals surface area contributed by atoms with Crippen molar-refractivity contribution < 1.29 is 0 Å². The van der Waals surface area contributed by atoms with Crippen LogP contribution in [0.4, 0.5) is 5.69 Å². The fourth-order valence-corrected chi connectivity index (χ4v) is 1.95. The first-order valence-corrected chi connectivity index (χ1v) is 5.46. The zero-order chi connectivity index (χ0) is 12.0. The number of hydrogen-bond donors (Lipinski definition) is 1. The maximum absolute atomic E-state index is 8.62. The molecule has 5 heteroatoms. The van der Waals surface area contributed by atoms with Crippen LogP contribution in [-0.4, -0.2) is 18.0 Å². The van der Waals surface area contributed by atoms with Gasteiger partial charge < -0.3 is 5.73 Å². The van der Waals surface area contributed by atoms with Crippen molar-refractivity contribution in [1.29, 1.82) is 10.5 Å². The Hall–Kier alpha value is -1.56. The van der Waals surface area contributed by atoms with Crippen LogP contribution < -0.4 is 5.73 Å². The maximum atomic E-state index is 8.62. The second kappa shape index (κ2) is 6.12. The third-order valence-corrected chi connectivity index (χ3v) is 2.43. The largest absolute Gasteiger partial charge is 0.399 e. The van der Waals surface area contributed by atoms with Crippen LogP contribution in [0.3, 0.4) is 0 Å². The smallest absolute Gasteiger partial charge is 0.0877 e. The standard InChI is InChI=1S/C11H11BrN4/c12-10-5-9(6-11(15)7-10)8-16(3-1-13)4-2-14/h5-7H,3-4,8,15H2. The Morgan fingerprint density at radius 3 is 2.31 bits per heavy atom. The van der Waals surface area contributed by atoms with E-state index in [9.17, 15) is 0 Å². The van der Waals surface area contributed by atoms with Crippen LogP contribution in [0.2, 0.25) is 0 Å². The molecule has 0 unspecified atom stereocenters. The Kier molecular flexibility index (Phi) is 4.78. The molecule has 0 saturated heterocycles. The van der Waals surface area contributed by atoms with E-state index < -0.39 is 0 Å². The lowest BCUT2D eigenvalue weighted by molar-refractivity contribution is 0.335. The van der Waals surface area contributed by atoms with Crippen molar-refractivity contribution in [3.8, 4) is 12.1 Å². The molecule has 0 amide bonds. The van der Waals surface area contributed by atoms with E-state index in [0.29, 0.717) is 12.2 Å². The van der Waals surface area contributed by atoms with Crippen LogP contribution in [0, 0.1) is 22.7 Å². The number of benzene rings is 1. The molecule has 82 valence electrons. The molecule has 0 fully saturated rings. The van der Waals surface area contributed by atoms with Crippen molar-refractivity contribution in [2.45, 2.75) is 6.54 Å². The first-order chi connectivity index (χ1) is 7.65. The van der Waals surface area contributed by atoms with Crippen LogP contribution in [0.15, 0.2) is 22.7 Å². The fourth-order valence-electron chi connectivity index (χ4n) is 1.39. The van der Waals surface area contributed by atoms with Gasteiger partial charge in [0.1, 0.15) is 0 Å². The summed E-state index contributed by atoms with van der Waals surface area (Å²) in [7, 11) is 0. The molecule has 1 aromatic rings. The van der Waals surface area contributed by atoms with E-state index in [1.165, 1.54) is 0 Å². The quantitative estimate of drug-likeness (QED) is 0.674. The van der Waals surface area contributed by atoms with Gasteiger partial charge in [-0.25, -0.2) is 0 Å². The highest BCUT2D eigenvalue weighted by atomic mass is 79.9. The molecule has 0 atom stereocenters. The normalized spacial score (nSPS) is 9.75. The first-order valence-electron chi connectivity index (χ1n) is 4.67. The van der Waals surface area contributed by atoms with E-state index in [1.54, 1.807) is 4.90 Å². The summed E-state index contributed by atoms with van der Waals surface area (Å²) in [5.41, 5.74) is 7.35. The topological polar surface area (TPSA) is 76.8 Å². The molecule has 0 radical (unpaired) electrons. The highest BCUT2D eigenvalue weighted by Gasteiger charge is 2.05. The molecule has 1 aromatic carbocycles. The van der Waals surface area contributed by atoms with Gasteiger partial charge in [-0.05, 0) is 23.8 Å². The lowest BCUT2D eigenvalue weighted by Crippen LogP contribution is -2.23. The summed E-state index contributed by atoms with van der Waals surface area (Å²) in [5.74, 6) is 0. The van der Waals surface area contributed by atoms with Crippen molar-refractivity contribution >= 4 is 21.6 Å². The van der Waals surface area contributed by atoms with Gasteiger partial charge in [0, 0.05) is 16.7 Å². The van der Waals surface area contributed by atoms with Gasteiger partial charge in [0.2, 0.25) is 0 Å². The lowest BCUT2D eigenvalue weighted by Gasteiger charge is -2.15. The molecule has 0 aliphatic carbocycles. The molecule has 0 aliphatic heterocycles. The molecular weight excluding hydrogens is 268 g/mol. The minimum atomic E-state index is 0.236. The van der Waals surface area contributed by atoms with E-state index in [0.717, 1.165) is 10.0 Å². The van der Waals surface area contributed by atoms with Crippen molar-refractivity contribution in [2.75, 3.05) is 18.8 Å². The average molecular weight is 279 g/mol. The molecule has 0 spiro atoms. The van der Waals surface area contributed by atoms with Crippen molar-refractivity contribution in [1.82, 2.24) is 4.90 Å². The summed E-state index contributed by atoms with van der Waals surface area (Å²) in [6.07, 6.45) is 0. The molecule has 16 heavy (non-hydrogen) atoms. The predicted molar refractivity (Wildman–Crippen MR) is 65.1 cm³/mol. The van der Waals surface area contributed by atoms with Gasteiger partial charge in [0.05, 0.1) is 25.2 Å². The third-order valence-electron chi connectivity index (χ3n) is 1.97. The van der Waals surface area contributed by atoms with Gasteiger partial charge in [0.15, 0.2) is 0 Å². The molecule has 4 nitrogen and oxygen atoms in total. The Morgan fingerprint density at radius 1 is 1.19 bits per heavy atom. The summed E-state index contributed by atoms with van der Waals surface area (Å²) >= 11 is 3.35. The van der Waals surface area contributed by atoms with E-state index in [1.807, 2.05) is 30.3 Å². The van der Waals surface area contributed by atoms with Gasteiger partial charge in [0.25, 0.3) is 0 Å². The number of nitriles is 2.